The Bertz CT molecular complexity index is 943. The molecule has 116 valence electrons. The van der Waals surface area contributed by atoms with Crippen LogP contribution in [0.3, 0.4) is 0 Å². The van der Waals surface area contributed by atoms with Crippen LogP contribution in [0.4, 0.5) is 11.4 Å². The summed E-state index contributed by atoms with van der Waals surface area (Å²) < 4.78 is 0.881. The van der Waals surface area contributed by atoms with Gasteiger partial charge in [0.1, 0.15) is 0 Å². The highest BCUT2D eigenvalue weighted by molar-refractivity contribution is 9.10. The average Bonchev–Trinajstić information content (AvgIpc) is 2.88. The maximum atomic E-state index is 11.1. The Hall–Kier alpha value is -2.46. The van der Waals surface area contributed by atoms with Gasteiger partial charge >= 0.3 is 0 Å². The molecule has 3 aromatic rings. The largest absolute Gasteiger partial charge is 0.333 e. The van der Waals surface area contributed by atoms with E-state index < -0.39 is 9.85 Å². The first-order valence-corrected chi connectivity index (χ1v) is 7.81. The molecule has 0 fully saturated rings. The molecule has 0 spiro atoms. The predicted molar refractivity (Wildman–Crippen MR) is 87.7 cm³/mol. The minimum absolute atomic E-state index is 0.277. The Morgan fingerprint density at radius 3 is 2.57 bits per heavy atom. The number of hydrogen-bond donors (Lipinski definition) is 1. The molecule has 1 heterocycles. The van der Waals surface area contributed by atoms with Crippen LogP contribution in [0, 0.1) is 20.2 Å². The summed E-state index contributed by atoms with van der Waals surface area (Å²) in [6.45, 7) is 0. The first-order valence-electron chi connectivity index (χ1n) is 6.20. The summed E-state index contributed by atoms with van der Waals surface area (Å²) in [6.07, 6.45) is 0. The van der Waals surface area contributed by atoms with Crippen molar-refractivity contribution in [1.29, 1.82) is 0 Å². The quantitative estimate of drug-likeness (QED) is 0.521. The molecule has 2 aromatic carbocycles. The van der Waals surface area contributed by atoms with Crippen LogP contribution in [0.15, 0.2) is 50.9 Å². The van der Waals surface area contributed by atoms with Crippen LogP contribution in [0.1, 0.15) is 0 Å². The summed E-state index contributed by atoms with van der Waals surface area (Å²) in [5.41, 5.74) is 0.854. The van der Waals surface area contributed by atoms with Crippen molar-refractivity contribution in [2.24, 2.45) is 0 Å². The molecule has 0 amide bonds. The molecular weight excluding hydrogens is 388 g/mol. The zero-order valence-corrected chi connectivity index (χ0v) is 13.6. The topological polar surface area (TPSA) is 115 Å². The first kappa shape index (κ1) is 15.4. The lowest BCUT2D eigenvalue weighted by Gasteiger charge is -2.00. The number of nitrogens with zero attached hydrogens (tertiary/aromatic N) is 3. The van der Waals surface area contributed by atoms with Crippen molar-refractivity contribution in [2.75, 3.05) is 0 Å². The van der Waals surface area contributed by atoms with Gasteiger partial charge in [0.2, 0.25) is 0 Å². The highest BCUT2D eigenvalue weighted by Gasteiger charge is 2.21. The number of aromatic amines is 1. The monoisotopic (exact) mass is 394 g/mol. The third-order valence-corrected chi connectivity index (χ3v) is 4.42. The zero-order valence-electron chi connectivity index (χ0n) is 11.2. The van der Waals surface area contributed by atoms with E-state index in [1.54, 1.807) is 0 Å². The molecule has 0 saturated carbocycles. The van der Waals surface area contributed by atoms with E-state index in [4.69, 9.17) is 0 Å². The molecule has 0 aliphatic heterocycles. The number of nitrogens with one attached hydrogen (secondary N) is 1. The second kappa shape index (κ2) is 5.97. The minimum Gasteiger partial charge on any atom is -0.333 e. The molecule has 1 N–H and O–H groups in total. The van der Waals surface area contributed by atoms with E-state index in [9.17, 15) is 20.2 Å². The van der Waals surface area contributed by atoms with E-state index in [0.29, 0.717) is 5.16 Å². The fourth-order valence-electron chi connectivity index (χ4n) is 1.96. The summed E-state index contributed by atoms with van der Waals surface area (Å²) >= 11 is 4.40. The van der Waals surface area contributed by atoms with Gasteiger partial charge in [0, 0.05) is 10.5 Å². The lowest BCUT2D eigenvalue weighted by atomic mass is 10.3. The Morgan fingerprint density at radius 1 is 1.09 bits per heavy atom. The number of H-pyrrole nitrogens is 1. The minimum atomic E-state index is -0.667. The van der Waals surface area contributed by atoms with Crippen molar-refractivity contribution in [2.45, 2.75) is 10.1 Å². The smallest absolute Gasteiger partial charge is 0.290 e. The number of fused-ring (bicyclic) bond motifs is 1. The lowest BCUT2D eigenvalue weighted by molar-refractivity contribution is -0.396. The SMILES string of the molecule is O=[N+]([O-])c1ccc(Sc2nc3ccc(Br)cc3[nH]2)c([N+](=O)[O-])c1. The highest BCUT2D eigenvalue weighted by atomic mass is 79.9. The molecule has 0 unspecified atom stereocenters. The molecule has 0 saturated heterocycles. The van der Waals surface area contributed by atoms with Crippen LogP contribution in [-0.2, 0) is 0 Å². The third-order valence-electron chi connectivity index (χ3n) is 2.98. The standard InChI is InChI=1S/C13H7BrN4O4S/c14-7-1-3-9-10(5-7)16-13(15-9)23-12-4-2-8(17(19)20)6-11(12)18(21)22/h1-6H,(H,15,16). The second-order valence-corrected chi connectivity index (χ2v) is 6.42. The van der Waals surface area contributed by atoms with Gasteiger partial charge in [0.15, 0.2) is 5.16 Å². The third kappa shape index (κ3) is 3.17. The number of halogens is 1. The van der Waals surface area contributed by atoms with Crippen LogP contribution in [0.5, 0.6) is 0 Å². The molecule has 1 aromatic heterocycles. The molecule has 8 nitrogen and oxygen atoms in total. The van der Waals surface area contributed by atoms with Crippen molar-refractivity contribution in [3.8, 4) is 0 Å². The Morgan fingerprint density at radius 2 is 1.87 bits per heavy atom. The average molecular weight is 395 g/mol. The summed E-state index contributed by atoms with van der Waals surface area (Å²) in [5.74, 6) is 0. The lowest BCUT2D eigenvalue weighted by Crippen LogP contribution is -1.94. The number of nitro groups is 2. The summed E-state index contributed by atoms with van der Waals surface area (Å²) in [4.78, 5) is 28.2. The van der Waals surface area contributed by atoms with Gasteiger partial charge in [0.05, 0.1) is 31.8 Å². The molecule has 23 heavy (non-hydrogen) atoms. The summed E-state index contributed by atoms with van der Waals surface area (Å²) in [7, 11) is 0. The van der Waals surface area contributed by atoms with Gasteiger partial charge in [-0.25, -0.2) is 4.98 Å². The fourth-order valence-corrected chi connectivity index (χ4v) is 3.21. The Balaban J connectivity index is 2.00. The van der Waals surface area contributed by atoms with Gasteiger partial charge < -0.3 is 4.98 Å². The Kier molecular flexibility index (Phi) is 4.01. The second-order valence-electron chi connectivity index (χ2n) is 4.47. The van der Waals surface area contributed by atoms with Crippen LogP contribution in [-0.4, -0.2) is 19.8 Å². The van der Waals surface area contributed by atoms with Gasteiger partial charge in [-0.1, -0.05) is 15.9 Å². The fraction of sp³-hybridized carbons (Fsp3) is 0. The highest BCUT2D eigenvalue weighted by Crippen LogP contribution is 2.36. The van der Waals surface area contributed by atoms with E-state index in [2.05, 4.69) is 25.9 Å². The van der Waals surface area contributed by atoms with E-state index >= 15 is 0 Å². The molecule has 0 atom stereocenters. The first-order chi connectivity index (χ1) is 10.9. The molecular formula is C13H7BrN4O4S. The van der Waals surface area contributed by atoms with Crippen molar-refractivity contribution in [1.82, 2.24) is 9.97 Å². The van der Waals surface area contributed by atoms with Crippen molar-refractivity contribution >= 4 is 50.1 Å². The van der Waals surface area contributed by atoms with Gasteiger partial charge in [-0.15, -0.1) is 0 Å². The predicted octanol–water partition coefficient (Wildman–Crippen LogP) is 4.29. The van der Waals surface area contributed by atoms with Gasteiger partial charge in [-0.2, -0.15) is 0 Å². The number of nitro benzene ring substituents is 2. The normalized spacial score (nSPS) is 10.8. The van der Waals surface area contributed by atoms with Gasteiger partial charge in [-0.05, 0) is 36.0 Å². The molecule has 0 bridgehead atoms. The molecule has 10 heteroatoms. The number of benzene rings is 2. The number of rotatable bonds is 4. The molecule has 3 rings (SSSR count). The number of non-ortho nitro benzene ring substituents is 1. The number of hydrogen-bond acceptors (Lipinski definition) is 6. The van der Waals surface area contributed by atoms with Crippen molar-refractivity contribution < 1.29 is 9.85 Å². The van der Waals surface area contributed by atoms with E-state index in [-0.39, 0.29) is 16.3 Å². The molecule has 0 radical (unpaired) electrons. The molecule has 0 aliphatic carbocycles. The van der Waals surface area contributed by atoms with E-state index in [1.165, 1.54) is 12.1 Å². The van der Waals surface area contributed by atoms with Crippen molar-refractivity contribution in [3.63, 3.8) is 0 Å². The van der Waals surface area contributed by atoms with Gasteiger partial charge in [-0.3, -0.25) is 20.2 Å². The van der Waals surface area contributed by atoms with Crippen molar-refractivity contribution in [3.05, 3.63) is 61.1 Å². The molecule has 0 aliphatic rings. The zero-order chi connectivity index (χ0) is 16.6. The summed E-state index contributed by atoms with van der Waals surface area (Å²) in [5, 5.41) is 22.4. The van der Waals surface area contributed by atoms with Crippen LogP contribution in [0.25, 0.3) is 11.0 Å². The summed E-state index contributed by atoms with van der Waals surface area (Å²) in [6, 6.07) is 9.02. The van der Waals surface area contributed by atoms with Gasteiger partial charge in [0.25, 0.3) is 11.4 Å². The van der Waals surface area contributed by atoms with Crippen LogP contribution >= 0.6 is 27.7 Å². The number of aromatic nitrogens is 2. The maximum absolute atomic E-state index is 11.1. The number of imidazole rings is 1. The van der Waals surface area contributed by atoms with E-state index in [0.717, 1.165) is 33.3 Å². The van der Waals surface area contributed by atoms with Crippen LogP contribution in [0.2, 0.25) is 0 Å². The van der Waals surface area contributed by atoms with Crippen LogP contribution < -0.4 is 0 Å². The maximum Gasteiger partial charge on any atom is 0.290 e. The Labute approximate surface area is 141 Å². The van der Waals surface area contributed by atoms with E-state index in [1.807, 2.05) is 18.2 Å².